The molecule has 1 unspecified atom stereocenters. The zero-order valence-electron chi connectivity index (χ0n) is 9.27. The van der Waals surface area contributed by atoms with E-state index in [2.05, 4.69) is 0 Å². The van der Waals surface area contributed by atoms with Gasteiger partial charge in [0, 0.05) is 7.05 Å². The SMILES string of the molecule is CC(C#N)N(C)C(=O)Cc1ccc(F)cc1. The molecule has 0 aliphatic carbocycles. The van der Waals surface area contributed by atoms with Gasteiger partial charge in [-0.15, -0.1) is 0 Å². The molecule has 0 spiro atoms. The van der Waals surface area contributed by atoms with E-state index in [1.54, 1.807) is 26.1 Å². The number of benzene rings is 1. The van der Waals surface area contributed by atoms with Gasteiger partial charge in [-0.05, 0) is 24.6 Å². The molecule has 0 radical (unpaired) electrons. The van der Waals surface area contributed by atoms with E-state index in [-0.39, 0.29) is 18.1 Å². The van der Waals surface area contributed by atoms with E-state index in [4.69, 9.17) is 5.26 Å². The zero-order valence-corrected chi connectivity index (χ0v) is 9.27. The lowest BCUT2D eigenvalue weighted by Crippen LogP contribution is -2.35. The lowest BCUT2D eigenvalue weighted by atomic mass is 10.1. The molecule has 1 aromatic rings. The Labute approximate surface area is 94.1 Å². The molecule has 84 valence electrons. The molecule has 0 fully saturated rings. The van der Waals surface area contributed by atoms with Gasteiger partial charge in [0.25, 0.3) is 0 Å². The smallest absolute Gasteiger partial charge is 0.227 e. The highest BCUT2D eigenvalue weighted by molar-refractivity contribution is 5.79. The number of nitrogens with zero attached hydrogens (tertiary/aromatic N) is 2. The van der Waals surface area contributed by atoms with Gasteiger partial charge in [-0.2, -0.15) is 5.26 Å². The zero-order chi connectivity index (χ0) is 12.1. The molecule has 0 bridgehead atoms. The number of hydrogen-bond donors (Lipinski definition) is 0. The van der Waals surface area contributed by atoms with Gasteiger partial charge >= 0.3 is 0 Å². The van der Waals surface area contributed by atoms with E-state index in [9.17, 15) is 9.18 Å². The molecule has 1 atom stereocenters. The van der Waals surface area contributed by atoms with Crippen LogP contribution in [0.3, 0.4) is 0 Å². The Morgan fingerprint density at radius 3 is 2.56 bits per heavy atom. The minimum Gasteiger partial charge on any atom is -0.330 e. The first-order chi connectivity index (χ1) is 7.54. The topological polar surface area (TPSA) is 44.1 Å². The van der Waals surface area contributed by atoms with Gasteiger partial charge in [0.1, 0.15) is 11.9 Å². The Balaban J connectivity index is 2.65. The summed E-state index contributed by atoms with van der Waals surface area (Å²) in [6.07, 6.45) is 0.183. The molecule has 1 amide bonds. The normalized spacial score (nSPS) is 11.6. The van der Waals surface area contributed by atoms with Crippen LogP contribution in [0.1, 0.15) is 12.5 Å². The van der Waals surface area contributed by atoms with Crippen LogP contribution >= 0.6 is 0 Å². The minimum absolute atomic E-state index is 0.152. The fraction of sp³-hybridized carbons (Fsp3) is 0.333. The van der Waals surface area contributed by atoms with Crippen molar-refractivity contribution >= 4 is 5.91 Å². The third kappa shape index (κ3) is 3.06. The average Bonchev–Trinajstić information content (AvgIpc) is 2.30. The van der Waals surface area contributed by atoms with Gasteiger partial charge in [0.15, 0.2) is 0 Å². The summed E-state index contributed by atoms with van der Waals surface area (Å²) in [4.78, 5) is 13.1. The van der Waals surface area contributed by atoms with Crippen LogP contribution in [0, 0.1) is 17.1 Å². The van der Waals surface area contributed by atoms with E-state index in [0.717, 1.165) is 5.56 Å². The lowest BCUT2D eigenvalue weighted by Gasteiger charge is -2.19. The van der Waals surface area contributed by atoms with E-state index in [1.807, 2.05) is 6.07 Å². The molecule has 3 nitrogen and oxygen atoms in total. The summed E-state index contributed by atoms with van der Waals surface area (Å²) in [6.45, 7) is 1.66. The van der Waals surface area contributed by atoms with Crippen LogP contribution in [0.4, 0.5) is 4.39 Å². The summed E-state index contributed by atoms with van der Waals surface area (Å²) in [5.74, 6) is -0.476. The maximum Gasteiger partial charge on any atom is 0.227 e. The van der Waals surface area contributed by atoms with Crippen molar-refractivity contribution in [2.45, 2.75) is 19.4 Å². The van der Waals surface area contributed by atoms with Crippen LogP contribution in [0.2, 0.25) is 0 Å². The highest BCUT2D eigenvalue weighted by atomic mass is 19.1. The number of hydrogen-bond acceptors (Lipinski definition) is 2. The Kier molecular flexibility index (Phi) is 4.01. The Morgan fingerprint density at radius 1 is 1.50 bits per heavy atom. The van der Waals surface area contributed by atoms with Crippen molar-refractivity contribution < 1.29 is 9.18 Å². The monoisotopic (exact) mass is 220 g/mol. The molecule has 0 aliphatic rings. The van der Waals surface area contributed by atoms with E-state index < -0.39 is 6.04 Å². The van der Waals surface area contributed by atoms with Gasteiger partial charge in [-0.25, -0.2) is 4.39 Å². The summed E-state index contributed by atoms with van der Waals surface area (Å²) in [5, 5.41) is 8.66. The molecule has 4 heteroatoms. The van der Waals surface area contributed by atoms with Crippen LogP contribution in [0.15, 0.2) is 24.3 Å². The van der Waals surface area contributed by atoms with Crippen molar-refractivity contribution in [1.29, 1.82) is 5.26 Å². The Bertz CT molecular complexity index is 408. The number of rotatable bonds is 3. The molecule has 16 heavy (non-hydrogen) atoms. The van der Waals surface area contributed by atoms with Gasteiger partial charge in [-0.1, -0.05) is 12.1 Å². The lowest BCUT2D eigenvalue weighted by molar-refractivity contribution is -0.130. The molecule has 0 saturated carbocycles. The van der Waals surface area contributed by atoms with Crippen LogP contribution in [0.5, 0.6) is 0 Å². The molecule has 1 aromatic carbocycles. The molecule has 0 aliphatic heterocycles. The molecule has 0 heterocycles. The summed E-state index contributed by atoms with van der Waals surface area (Å²) >= 11 is 0. The fourth-order valence-electron chi connectivity index (χ4n) is 1.20. The maximum absolute atomic E-state index is 12.6. The third-order valence-corrected chi connectivity index (χ3v) is 2.43. The molecular formula is C12H13FN2O. The van der Waals surface area contributed by atoms with Crippen molar-refractivity contribution in [3.8, 4) is 6.07 Å². The number of halogens is 1. The van der Waals surface area contributed by atoms with Crippen molar-refractivity contribution in [3.63, 3.8) is 0 Å². The highest BCUT2D eigenvalue weighted by Gasteiger charge is 2.14. The van der Waals surface area contributed by atoms with Crippen molar-refractivity contribution in [3.05, 3.63) is 35.6 Å². The fourth-order valence-corrected chi connectivity index (χ4v) is 1.20. The van der Waals surface area contributed by atoms with Gasteiger partial charge in [0.2, 0.25) is 5.91 Å². The van der Waals surface area contributed by atoms with Crippen LogP contribution < -0.4 is 0 Å². The Morgan fingerprint density at radius 2 is 2.06 bits per heavy atom. The first kappa shape index (κ1) is 12.2. The van der Waals surface area contributed by atoms with Gasteiger partial charge in [0.05, 0.1) is 12.5 Å². The molecule has 0 saturated heterocycles. The molecular weight excluding hydrogens is 207 g/mol. The third-order valence-electron chi connectivity index (χ3n) is 2.43. The quantitative estimate of drug-likeness (QED) is 0.778. The maximum atomic E-state index is 12.6. The van der Waals surface area contributed by atoms with Crippen molar-refractivity contribution in [1.82, 2.24) is 4.90 Å². The van der Waals surface area contributed by atoms with Crippen LogP contribution in [-0.2, 0) is 11.2 Å². The summed E-state index contributed by atoms with van der Waals surface area (Å²) < 4.78 is 12.6. The largest absolute Gasteiger partial charge is 0.330 e. The van der Waals surface area contributed by atoms with Crippen LogP contribution in [0.25, 0.3) is 0 Å². The highest BCUT2D eigenvalue weighted by Crippen LogP contribution is 2.06. The van der Waals surface area contributed by atoms with E-state index >= 15 is 0 Å². The number of likely N-dealkylation sites (N-methyl/N-ethyl adjacent to an activating group) is 1. The minimum atomic E-state index is -0.451. The van der Waals surface area contributed by atoms with Gasteiger partial charge in [-0.3, -0.25) is 4.79 Å². The average molecular weight is 220 g/mol. The predicted octanol–water partition coefficient (Wildman–Crippen LogP) is 1.74. The second-order valence-corrected chi connectivity index (χ2v) is 3.61. The first-order valence-electron chi connectivity index (χ1n) is 4.94. The summed E-state index contributed by atoms with van der Waals surface area (Å²) in [6, 6.07) is 7.30. The second kappa shape index (κ2) is 5.26. The van der Waals surface area contributed by atoms with Crippen molar-refractivity contribution in [2.75, 3.05) is 7.05 Å². The van der Waals surface area contributed by atoms with Crippen LogP contribution in [-0.4, -0.2) is 23.9 Å². The molecule has 0 N–H and O–H groups in total. The standard InChI is InChI=1S/C12H13FN2O/c1-9(8-14)15(2)12(16)7-10-3-5-11(13)6-4-10/h3-6,9H,7H2,1-2H3. The second-order valence-electron chi connectivity index (χ2n) is 3.61. The summed E-state index contributed by atoms with van der Waals surface area (Å²) in [5.41, 5.74) is 0.739. The molecule has 0 aromatic heterocycles. The Hall–Kier alpha value is -1.89. The number of carbonyl (C=O) groups is 1. The van der Waals surface area contributed by atoms with Crippen molar-refractivity contribution in [2.24, 2.45) is 0 Å². The summed E-state index contributed by atoms with van der Waals surface area (Å²) in [7, 11) is 1.58. The number of nitriles is 1. The number of amides is 1. The first-order valence-corrected chi connectivity index (χ1v) is 4.94. The predicted molar refractivity (Wildman–Crippen MR) is 57.9 cm³/mol. The molecule has 1 rings (SSSR count). The number of carbonyl (C=O) groups excluding carboxylic acids is 1. The van der Waals surface area contributed by atoms with E-state index in [0.29, 0.717) is 0 Å². The van der Waals surface area contributed by atoms with E-state index in [1.165, 1.54) is 17.0 Å². The van der Waals surface area contributed by atoms with Gasteiger partial charge < -0.3 is 4.90 Å².